The lowest BCUT2D eigenvalue weighted by Crippen LogP contribution is -2.38. The molecular formula is C23H24FN4O+. The van der Waals surface area contributed by atoms with Crippen molar-refractivity contribution in [2.75, 3.05) is 38.3 Å². The summed E-state index contributed by atoms with van der Waals surface area (Å²) in [5.74, 6) is 0.714. The van der Waals surface area contributed by atoms with E-state index in [4.69, 9.17) is 9.72 Å². The van der Waals surface area contributed by atoms with Crippen LogP contribution in [0.2, 0.25) is 0 Å². The zero-order valence-corrected chi connectivity index (χ0v) is 16.5. The van der Waals surface area contributed by atoms with E-state index in [-0.39, 0.29) is 5.82 Å². The van der Waals surface area contributed by atoms with Crippen molar-refractivity contribution in [1.82, 2.24) is 14.0 Å². The van der Waals surface area contributed by atoms with E-state index in [0.717, 1.165) is 55.7 Å². The van der Waals surface area contributed by atoms with Gasteiger partial charge < -0.3 is 9.64 Å². The van der Waals surface area contributed by atoms with Gasteiger partial charge >= 0.3 is 5.95 Å². The highest BCUT2D eigenvalue weighted by Crippen LogP contribution is 2.37. The van der Waals surface area contributed by atoms with Crippen molar-refractivity contribution in [1.29, 1.82) is 0 Å². The van der Waals surface area contributed by atoms with Gasteiger partial charge in [-0.25, -0.2) is 8.87 Å². The van der Waals surface area contributed by atoms with Crippen LogP contribution < -0.4 is 9.38 Å². The maximum Gasteiger partial charge on any atom is 0.319 e. The Morgan fingerprint density at radius 1 is 1.00 bits per heavy atom. The van der Waals surface area contributed by atoms with E-state index in [0.29, 0.717) is 4.48 Å². The molecule has 2 aromatic carbocycles. The molecule has 148 valence electrons. The van der Waals surface area contributed by atoms with Crippen LogP contribution in [-0.4, -0.2) is 42.9 Å². The van der Waals surface area contributed by atoms with Crippen LogP contribution in [0.5, 0.6) is 0 Å². The molecule has 5 rings (SSSR count). The van der Waals surface area contributed by atoms with Gasteiger partial charge in [0.1, 0.15) is 17.7 Å². The lowest BCUT2D eigenvalue weighted by atomic mass is 10.2. The summed E-state index contributed by atoms with van der Waals surface area (Å²) in [6.45, 7) is 4.20. The summed E-state index contributed by atoms with van der Waals surface area (Å²) in [4.78, 5) is 7.28. The van der Waals surface area contributed by atoms with Crippen molar-refractivity contribution in [2.24, 2.45) is 0 Å². The smallest absolute Gasteiger partial charge is 0.319 e. The van der Waals surface area contributed by atoms with Gasteiger partial charge in [0, 0.05) is 42.7 Å². The minimum Gasteiger partial charge on any atom is -0.378 e. The largest absolute Gasteiger partial charge is 0.378 e. The summed E-state index contributed by atoms with van der Waals surface area (Å²) in [7, 11) is 2.15. The Kier molecular flexibility index (Phi) is 4.45. The molecule has 1 saturated heterocycles. The molecule has 2 aliphatic rings. The number of hydrogen-bond acceptors (Lipinski definition) is 3. The first-order valence-corrected chi connectivity index (χ1v) is 9.94. The minimum absolute atomic E-state index is 0.236. The fourth-order valence-electron chi connectivity index (χ4n) is 4.11. The van der Waals surface area contributed by atoms with Crippen LogP contribution in [0.3, 0.4) is 0 Å². The van der Waals surface area contributed by atoms with Crippen LogP contribution in [0.25, 0.3) is 11.3 Å². The molecule has 1 aromatic heterocycles. The van der Waals surface area contributed by atoms with Crippen molar-refractivity contribution >= 4 is 17.3 Å². The van der Waals surface area contributed by atoms with Crippen molar-refractivity contribution in [3.8, 4) is 11.3 Å². The molecule has 0 N–H and O–H groups in total. The van der Waals surface area contributed by atoms with E-state index in [1.165, 1.54) is 17.8 Å². The molecule has 5 nitrogen and oxygen atoms in total. The van der Waals surface area contributed by atoms with E-state index in [1.807, 2.05) is 6.20 Å². The lowest BCUT2D eigenvalue weighted by molar-refractivity contribution is 0.122. The van der Waals surface area contributed by atoms with Gasteiger partial charge in [-0.15, -0.1) is 0 Å². The number of allylic oxidation sites excluding steroid dienone is 1. The fourth-order valence-corrected chi connectivity index (χ4v) is 4.11. The number of hydrogen-bond donors (Lipinski definition) is 0. The van der Waals surface area contributed by atoms with Gasteiger partial charge in [-0.3, -0.25) is 4.57 Å². The van der Waals surface area contributed by atoms with E-state index in [9.17, 15) is 4.39 Å². The summed E-state index contributed by atoms with van der Waals surface area (Å²) in [6.07, 6.45) is 6.39. The molecule has 0 amide bonds. The highest BCUT2D eigenvalue weighted by atomic mass is 19.1. The number of anilines is 1. The molecule has 29 heavy (non-hydrogen) atoms. The van der Waals surface area contributed by atoms with E-state index >= 15 is 0 Å². The van der Waals surface area contributed by atoms with Gasteiger partial charge in [0.25, 0.3) is 0 Å². The van der Waals surface area contributed by atoms with Gasteiger partial charge in [-0.1, -0.05) is 0 Å². The Bertz CT molecular complexity index is 1040. The van der Waals surface area contributed by atoms with Crippen molar-refractivity contribution < 1.29 is 9.13 Å². The molecule has 0 spiro atoms. The first-order valence-electron chi connectivity index (χ1n) is 9.94. The third-order valence-corrected chi connectivity index (χ3v) is 5.78. The second-order valence-electron chi connectivity index (χ2n) is 7.66. The highest BCUT2D eigenvalue weighted by Gasteiger charge is 2.34. The number of ether oxygens (including phenoxy) is 1. The van der Waals surface area contributed by atoms with E-state index in [1.54, 1.807) is 12.1 Å². The summed E-state index contributed by atoms with van der Waals surface area (Å²) < 4.78 is 21.4. The quantitative estimate of drug-likeness (QED) is 0.623. The number of fused-ring (bicyclic) bond motifs is 1. The third-order valence-electron chi connectivity index (χ3n) is 5.78. The molecule has 3 aromatic rings. The van der Waals surface area contributed by atoms with Gasteiger partial charge in [0.15, 0.2) is 0 Å². The normalized spacial score (nSPS) is 21.2. The average molecular weight is 391 g/mol. The van der Waals surface area contributed by atoms with E-state index in [2.05, 4.69) is 53.1 Å². The van der Waals surface area contributed by atoms with Gasteiger partial charge in [-0.05, 0) is 42.5 Å². The van der Waals surface area contributed by atoms with Crippen LogP contribution >= 0.6 is 0 Å². The number of halogens is 1. The minimum atomic E-state index is -0.236. The first-order chi connectivity index (χ1) is 14.1. The number of rotatable bonds is 3. The maximum absolute atomic E-state index is 13.3. The van der Waals surface area contributed by atoms with Crippen molar-refractivity contribution in [3.05, 3.63) is 72.8 Å². The molecule has 0 bridgehead atoms. The number of quaternary nitrogens is 1. The third kappa shape index (κ3) is 3.24. The van der Waals surface area contributed by atoms with Crippen LogP contribution in [0.4, 0.5) is 21.7 Å². The zero-order chi connectivity index (χ0) is 19.8. The van der Waals surface area contributed by atoms with Crippen LogP contribution in [0, 0.1) is 5.82 Å². The first kappa shape index (κ1) is 18.1. The molecule has 1 fully saturated rings. The van der Waals surface area contributed by atoms with Gasteiger partial charge in [0.05, 0.1) is 32.5 Å². The van der Waals surface area contributed by atoms with Gasteiger partial charge in [-0.2, -0.15) is 4.98 Å². The van der Waals surface area contributed by atoms with Crippen LogP contribution in [0.15, 0.2) is 67.0 Å². The second-order valence-corrected chi connectivity index (χ2v) is 7.66. The number of benzene rings is 2. The number of morpholine rings is 1. The molecule has 0 aliphatic carbocycles. The second kappa shape index (κ2) is 7.13. The Balaban J connectivity index is 1.48. The summed E-state index contributed by atoms with van der Waals surface area (Å²) in [6, 6.07) is 15.2. The molecular weight excluding hydrogens is 367 g/mol. The molecule has 0 saturated carbocycles. The summed E-state index contributed by atoms with van der Waals surface area (Å²) >= 11 is 0. The summed E-state index contributed by atoms with van der Waals surface area (Å²) in [5, 5.41) is 0. The fraction of sp³-hybridized carbons (Fsp3) is 0.261. The standard InChI is InChI=1S/C23H24FN4O/c1-28(21-9-7-20(8-10-21)26-12-15-29-16-13-26)14-2-11-27-17-22(25-23(27)28)18-3-5-19(24)6-4-18/h2-10,14,17H,11-13,15-16H2,1H3/q+1. The Morgan fingerprint density at radius 3 is 2.45 bits per heavy atom. The average Bonchev–Trinajstić information content (AvgIpc) is 3.21. The van der Waals surface area contributed by atoms with Crippen LogP contribution in [0.1, 0.15) is 0 Å². The summed E-state index contributed by atoms with van der Waals surface area (Å²) in [5.41, 5.74) is 4.15. The SMILES string of the molecule is C[N+]1(c2ccc(N3CCOCC3)cc2)C=CCn2cc(-c3ccc(F)cc3)nc21. The maximum atomic E-state index is 13.3. The molecule has 1 unspecified atom stereocenters. The Hall–Kier alpha value is -2.96. The van der Waals surface area contributed by atoms with Crippen molar-refractivity contribution in [3.63, 3.8) is 0 Å². The number of nitrogens with zero attached hydrogens (tertiary/aromatic N) is 4. The topological polar surface area (TPSA) is 30.3 Å². The number of imidazole rings is 1. The molecule has 3 heterocycles. The highest BCUT2D eigenvalue weighted by molar-refractivity contribution is 5.65. The van der Waals surface area contributed by atoms with E-state index < -0.39 is 0 Å². The molecule has 6 heteroatoms. The Morgan fingerprint density at radius 2 is 1.72 bits per heavy atom. The molecule has 1 atom stereocenters. The monoisotopic (exact) mass is 391 g/mol. The van der Waals surface area contributed by atoms with Gasteiger partial charge in [0.2, 0.25) is 0 Å². The predicted molar refractivity (Wildman–Crippen MR) is 114 cm³/mol. The molecule has 0 radical (unpaired) electrons. The van der Waals surface area contributed by atoms with Crippen LogP contribution in [-0.2, 0) is 11.3 Å². The number of aromatic nitrogens is 2. The predicted octanol–water partition coefficient (Wildman–Crippen LogP) is 4.32. The lowest BCUT2D eigenvalue weighted by Gasteiger charge is -2.32. The van der Waals surface area contributed by atoms with Crippen molar-refractivity contribution in [2.45, 2.75) is 6.54 Å². The molecule has 2 aliphatic heterocycles. The zero-order valence-electron chi connectivity index (χ0n) is 16.5. The Labute approximate surface area is 169 Å².